The van der Waals surface area contributed by atoms with E-state index in [1.165, 1.54) is 11.3 Å². The number of thioether (sulfide) groups is 1. The highest BCUT2D eigenvalue weighted by molar-refractivity contribution is 8.01. The summed E-state index contributed by atoms with van der Waals surface area (Å²) in [7, 11) is 0. The predicted octanol–water partition coefficient (Wildman–Crippen LogP) is 2.59. The van der Waals surface area contributed by atoms with Gasteiger partial charge in [0, 0.05) is 22.8 Å². The molecule has 0 bridgehead atoms. The van der Waals surface area contributed by atoms with Crippen molar-refractivity contribution in [1.29, 1.82) is 0 Å². The SMILES string of the molecule is CC(=O)c1cc2c(s1)SCC1C(C(=O)NC(C)(C)C)=NNC21. The van der Waals surface area contributed by atoms with E-state index in [1.807, 2.05) is 26.8 Å². The maximum atomic E-state index is 12.4. The summed E-state index contributed by atoms with van der Waals surface area (Å²) in [4.78, 5) is 24.7. The Kier molecular flexibility index (Phi) is 3.81. The molecule has 22 heavy (non-hydrogen) atoms. The summed E-state index contributed by atoms with van der Waals surface area (Å²) < 4.78 is 1.16. The molecule has 0 fully saturated rings. The molecule has 1 aromatic heterocycles. The van der Waals surface area contributed by atoms with Crippen molar-refractivity contribution < 1.29 is 9.59 Å². The molecule has 2 unspecified atom stereocenters. The van der Waals surface area contributed by atoms with Crippen LogP contribution < -0.4 is 10.7 Å². The first kappa shape index (κ1) is 15.6. The average molecular weight is 337 g/mol. The van der Waals surface area contributed by atoms with Gasteiger partial charge < -0.3 is 10.7 Å². The van der Waals surface area contributed by atoms with E-state index in [0.717, 1.165) is 20.4 Å². The number of ketones is 1. The Morgan fingerprint density at radius 2 is 2.14 bits per heavy atom. The molecule has 2 atom stereocenters. The zero-order valence-electron chi connectivity index (χ0n) is 13.0. The van der Waals surface area contributed by atoms with Crippen LogP contribution in [0.3, 0.4) is 0 Å². The monoisotopic (exact) mass is 337 g/mol. The molecule has 2 N–H and O–H groups in total. The van der Waals surface area contributed by atoms with Crippen LogP contribution in [0.15, 0.2) is 15.4 Å². The molecule has 0 spiro atoms. The van der Waals surface area contributed by atoms with Crippen LogP contribution >= 0.6 is 23.1 Å². The van der Waals surface area contributed by atoms with E-state index in [9.17, 15) is 9.59 Å². The number of carbonyl (C=O) groups excluding carboxylic acids is 2. The van der Waals surface area contributed by atoms with Gasteiger partial charge in [0.25, 0.3) is 5.91 Å². The summed E-state index contributed by atoms with van der Waals surface area (Å²) >= 11 is 3.24. The van der Waals surface area contributed by atoms with Gasteiger partial charge in [-0.1, -0.05) is 0 Å². The minimum atomic E-state index is -0.283. The number of hydrazone groups is 1. The molecular weight excluding hydrogens is 318 g/mol. The smallest absolute Gasteiger partial charge is 0.268 e. The second-order valence-electron chi connectivity index (χ2n) is 6.64. The molecular formula is C15H19N3O2S2. The van der Waals surface area contributed by atoms with Crippen LogP contribution in [0.4, 0.5) is 0 Å². The normalized spacial score (nSPS) is 23.2. The number of nitrogens with zero attached hydrogens (tertiary/aromatic N) is 1. The zero-order valence-corrected chi connectivity index (χ0v) is 14.7. The number of Topliss-reactive ketones (excluding diaryl/α,β-unsaturated/α-hetero) is 1. The maximum absolute atomic E-state index is 12.4. The highest BCUT2D eigenvalue weighted by atomic mass is 32.2. The second-order valence-corrected chi connectivity index (χ2v) is 8.98. The van der Waals surface area contributed by atoms with E-state index in [-0.39, 0.29) is 29.2 Å². The van der Waals surface area contributed by atoms with Crippen LogP contribution in [0.1, 0.15) is 49.0 Å². The molecule has 3 rings (SSSR count). The summed E-state index contributed by atoms with van der Waals surface area (Å²) in [5.74, 6) is 0.827. The number of hydrogen-bond donors (Lipinski definition) is 2. The Bertz CT molecular complexity index is 673. The third kappa shape index (κ3) is 2.79. The van der Waals surface area contributed by atoms with Crippen LogP contribution in [-0.4, -0.2) is 28.7 Å². The fourth-order valence-electron chi connectivity index (χ4n) is 2.61. The van der Waals surface area contributed by atoms with Gasteiger partial charge in [0.05, 0.1) is 15.1 Å². The predicted molar refractivity (Wildman–Crippen MR) is 89.7 cm³/mol. The molecule has 0 radical (unpaired) electrons. The first-order valence-electron chi connectivity index (χ1n) is 7.19. The molecule has 0 aromatic carbocycles. The second kappa shape index (κ2) is 5.38. The lowest BCUT2D eigenvalue weighted by atomic mass is 9.92. The van der Waals surface area contributed by atoms with Crippen LogP contribution in [0.25, 0.3) is 0 Å². The lowest BCUT2D eigenvalue weighted by Crippen LogP contribution is -2.46. The Labute approximate surface area is 137 Å². The summed E-state index contributed by atoms with van der Waals surface area (Å²) in [6.45, 7) is 7.45. The summed E-state index contributed by atoms with van der Waals surface area (Å²) in [5.41, 5.74) is 4.47. The van der Waals surface area contributed by atoms with Crippen LogP contribution in [0.2, 0.25) is 0 Å². The maximum Gasteiger partial charge on any atom is 0.268 e. The average Bonchev–Trinajstić information content (AvgIpc) is 2.99. The van der Waals surface area contributed by atoms with E-state index in [4.69, 9.17) is 0 Å². The van der Waals surface area contributed by atoms with Gasteiger partial charge in [-0.2, -0.15) is 5.10 Å². The van der Waals surface area contributed by atoms with Gasteiger partial charge in [-0.05, 0) is 33.8 Å². The van der Waals surface area contributed by atoms with E-state index >= 15 is 0 Å². The minimum Gasteiger partial charge on any atom is -0.346 e. The molecule has 0 aliphatic carbocycles. The highest BCUT2D eigenvalue weighted by Gasteiger charge is 2.42. The van der Waals surface area contributed by atoms with Crippen LogP contribution in [-0.2, 0) is 4.79 Å². The largest absolute Gasteiger partial charge is 0.346 e. The molecule has 2 aliphatic rings. The quantitative estimate of drug-likeness (QED) is 0.814. The third-order valence-corrected chi connectivity index (χ3v) is 6.27. The van der Waals surface area contributed by atoms with Gasteiger partial charge in [0.2, 0.25) is 0 Å². The van der Waals surface area contributed by atoms with Crippen molar-refractivity contribution in [1.82, 2.24) is 10.7 Å². The van der Waals surface area contributed by atoms with Gasteiger partial charge in [0.15, 0.2) is 5.78 Å². The van der Waals surface area contributed by atoms with Crippen molar-refractivity contribution in [3.05, 3.63) is 16.5 Å². The summed E-state index contributed by atoms with van der Waals surface area (Å²) in [6.07, 6.45) is 0. The van der Waals surface area contributed by atoms with Gasteiger partial charge in [-0.15, -0.1) is 23.1 Å². The van der Waals surface area contributed by atoms with Crippen molar-refractivity contribution in [2.75, 3.05) is 5.75 Å². The molecule has 7 heteroatoms. The first-order chi connectivity index (χ1) is 10.3. The molecule has 1 amide bonds. The van der Waals surface area contributed by atoms with E-state index in [1.54, 1.807) is 18.7 Å². The molecule has 0 saturated heterocycles. The summed E-state index contributed by atoms with van der Waals surface area (Å²) in [5, 5.41) is 7.25. The Hall–Kier alpha value is -1.34. The van der Waals surface area contributed by atoms with E-state index in [0.29, 0.717) is 5.71 Å². The minimum absolute atomic E-state index is 0.00122. The lowest BCUT2D eigenvalue weighted by Gasteiger charge is -2.26. The molecule has 1 aromatic rings. The van der Waals surface area contributed by atoms with Crippen molar-refractivity contribution in [2.24, 2.45) is 11.0 Å². The Morgan fingerprint density at radius 1 is 1.41 bits per heavy atom. The van der Waals surface area contributed by atoms with Crippen molar-refractivity contribution in [2.45, 2.75) is 43.5 Å². The lowest BCUT2D eigenvalue weighted by molar-refractivity contribution is -0.116. The number of amides is 1. The number of carbonyl (C=O) groups is 2. The third-order valence-electron chi connectivity index (χ3n) is 3.60. The van der Waals surface area contributed by atoms with Gasteiger partial charge in [-0.3, -0.25) is 9.59 Å². The van der Waals surface area contributed by atoms with Gasteiger partial charge in [0.1, 0.15) is 5.71 Å². The molecule has 0 saturated carbocycles. The van der Waals surface area contributed by atoms with Crippen molar-refractivity contribution in [3.63, 3.8) is 0 Å². The Balaban J connectivity index is 1.83. The topological polar surface area (TPSA) is 70.6 Å². The number of rotatable bonds is 2. The summed E-state index contributed by atoms with van der Waals surface area (Å²) in [6, 6.07) is 1.94. The van der Waals surface area contributed by atoms with Crippen molar-refractivity contribution in [3.8, 4) is 0 Å². The van der Waals surface area contributed by atoms with Crippen LogP contribution in [0.5, 0.6) is 0 Å². The molecule has 3 heterocycles. The van der Waals surface area contributed by atoms with Gasteiger partial charge in [-0.25, -0.2) is 0 Å². The van der Waals surface area contributed by atoms with E-state index < -0.39 is 0 Å². The van der Waals surface area contributed by atoms with Crippen LogP contribution in [0, 0.1) is 5.92 Å². The van der Waals surface area contributed by atoms with E-state index in [2.05, 4.69) is 15.8 Å². The number of hydrogen-bond acceptors (Lipinski definition) is 6. The molecule has 5 nitrogen and oxygen atoms in total. The fourth-order valence-corrected chi connectivity index (χ4v) is 5.19. The number of fused-ring (bicyclic) bond motifs is 3. The molecule has 2 aliphatic heterocycles. The Morgan fingerprint density at radius 3 is 2.77 bits per heavy atom. The fraction of sp³-hybridized carbons (Fsp3) is 0.533. The first-order valence-corrected chi connectivity index (χ1v) is 8.99. The number of nitrogens with one attached hydrogen (secondary N) is 2. The van der Waals surface area contributed by atoms with Crippen molar-refractivity contribution >= 4 is 40.5 Å². The standard InChI is InChI=1S/C15H19N3O2S2/c1-7(19)10-5-8-11-9(6-21-14(8)22-10)12(18-17-11)13(20)16-15(2,3)4/h5,9,11,17H,6H2,1-4H3,(H,16,20). The highest BCUT2D eigenvalue weighted by Crippen LogP contribution is 2.46. The number of thiophene rings is 1. The molecule has 118 valence electrons. The van der Waals surface area contributed by atoms with Gasteiger partial charge >= 0.3 is 0 Å². The zero-order chi connectivity index (χ0) is 16.1.